The van der Waals surface area contributed by atoms with Crippen LogP contribution in [-0.4, -0.2) is 15.7 Å². The monoisotopic (exact) mass is 280 g/mol. The summed E-state index contributed by atoms with van der Waals surface area (Å²) in [5.74, 6) is 2.36. The van der Waals surface area contributed by atoms with E-state index in [4.69, 9.17) is 0 Å². The largest absolute Gasteiger partial charge is 0.309 e. The van der Waals surface area contributed by atoms with Gasteiger partial charge in [0.1, 0.15) is 10.7 Å². The molecule has 0 saturated heterocycles. The molecular weight excluding hydrogens is 264 g/mol. The first kappa shape index (κ1) is 13.4. The molecule has 0 unspecified atom stereocenters. The van der Waals surface area contributed by atoms with Gasteiger partial charge < -0.3 is 4.98 Å². The van der Waals surface area contributed by atoms with Crippen LogP contribution < -0.4 is 5.56 Å². The highest BCUT2D eigenvalue weighted by molar-refractivity contribution is 7.98. The standard InChI is InChI=1S/C13H16N2OS2/c1-7(2)5-17-6-10-14-12(16)11-8(3)9(4)18-13(11)15-10/h1,5-6H2,2-4H3,(H,14,15,16). The lowest BCUT2D eigenvalue weighted by atomic mass is 10.2. The van der Waals surface area contributed by atoms with Gasteiger partial charge in [0.05, 0.1) is 11.1 Å². The molecule has 0 radical (unpaired) electrons. The molecule has 0 bridgehead atoms. The van der Waals surface area contributed by atoms with Gasteiger partial charge in [0, 0.05) is 10.6 Å². The number of aromatic nitrogens is 2. The fourth-order valence-corrected chi connectivity index (χ4v) is 3.52. The Kier molecular flexibility index (Phi) is 3.92. The lowest BCUT2D eigenvalue weighted by Crippen LogP contribution is -2.10. The minimum absolute atomic E-state index is 0.0206. The quantitative estimate of drug-likeness (QED) is 0.873. The van der Waals surface area contributed by atoms with Gasteiger partial charge in [-0.25, -0.2) is 4.98 Å². The van der Waals surface area contributed by atoms with Crippen molar-refractivity contribution in [2.24, 2.45) is 0 Å². The van der Waals surface area contributed by atoms with Crippen LogP contribution >= 0.6 is 23.1 Å². The lowest BCUT2D eigenvalue weighted by molar-refractivity contribution is 1.04. The number of H-pyrrole nitrogens is 1. The average molecular weight is 280 g/mol. The van der Waals surface area contributed by atoms with Crippen molar-refractivity contribution in [1.82, 2.24) is 9.97 Å². The molecule has 0 spiro atoms. The van der Waals surface area contributed by atoms with E-state index >= 15 is 0 Å². The number of hydrogen-bond acceptors (Lipinski definition) is 4. The zero-order valence-corrected chi connectivity index (χ0v) is 12.4. The van der Waals surface area contributed by atoms with Crippen LogP contribution in [0.4, 0.5) is 0 Å². The number of nitrogens with one attached hydrogen (secondary N) is 1. The van der Waals surface area contributed by atoms with Gasteiger partial charge in [0.25, 0.3) is 5.56 Å². The van der Waals surface area contributed by atoms with Crippen LogP contribution in [-0.2, 0) is 5.75 Å². The van der Waals surface area contributed by atoms with Crippen molar-refractivity contribution in [3.8, 4) is 0 Å². The summed E-state index contributed by atoms with van der Waals surface area (Å²) in [7, 11) is 0. The molecule has 0 atom stereocenters. The predicted molar refractivity (Wildman–Crippen MR) is 80.7 cm³/mol. The van der Waals surface area contributed by atoms with Crippen molar-refractivity contribution in [1.29, 1.82) is 0 Å². The predicted octanol–water partition coefficient (Wildman–Crippen LogP) is 3.41. The van der Waals surface area contributed by atoms with Crippen LogP contribution in [0.25, 0.3) is 10.2 Å². The molecule has 2 aromatic heterocycles. The zero-order valence-electron chi connectivity index (χ0n) is 10.8. The summed E-state index contributed by atoms with van der Waals surface area (Å²) < 4.78 is 0. The first-order valence-corrected chi connectivity index (χ1v) is 7.67. The Morgan fingerprint density at radius 1 is 1.50 bits per heavy atom. The molecule has 96 valence electrons. The molecule has 1 N–H and O–H groups in total. The van der Waals surface area contributed by atoms with Gasteiger partial charge >= 0.3 is 0 Å². The number of aryl methyl sites for hydroxylation is 2. The molecule has 3 nitrogen and oxygen atoms in total. The summed E-state index contributed by atoms with van der Waals surface area (Å²) in [5.41, 5.74) is 2.16. The summed E-state index contributed by atoms with van der Waals surface area (Å²) in [4.78, 5) is 21.4. The highest BCUT2D eigenvalue weighted by Gasteiger charge is 2.11. The second kappa shape index (κ2) is 5.28. The zero-order chi connectivity index (χ0) is 13.3. The van der Waals surface area contributed by atoms with Gasteiger partial charge in [-0.05, 0) is 26.3 Å². The summed E-state index contributed by atoms with van der Waals surface area (Å²) in [6, 6.07) is 0. The maximum atomic E-state index is 12.0. The molecule has 0 aliphatic heterocycles. The number of aromatic amines is 1. The Morgan fingerprint density at radius 3 is 2.89 bits per heavy atom. The number of fused-ring (bicyclic) bond motifs is 1. The number of hydrogen-bond donors (Lipinski definition) is 1. The van der Waals surface area contributed by atoms with Crippen LogP contribution in [0.1, 0.15) is 23.2 Å². The van der Waals surface area contributed by atoms with E-state index in [2.05, 4.69) is 16.5 Å². The van der Waals surface area contributed by atoms with Crippen molar-refractivity contribution in [2.75, 3.05) is 5.75 Å². The molecule has 0 aliphatic carbocycles. The topological polar surface area (TPSA) is 45.8 Å². The molecule has 2 aromatic rings. The Balaban J connectivity index is 2.32. The van der Waals surface area contributed by atoms with Gasteiger partial charge in [-0.3, -0.25) is 4.79 Å². The lowest BCUT2D eigenvalue weighted by Gasteiger charge is -2.01. The second-order valence-corrected chi connectivity index (χ2v) is 6.61. The van der Waals surface area contributed by atoms with Crippen LogP contribution in [0.5, 0.6) is 0 Å². The van der Waals surface area contributed by atoms with Crippen LogP contribution in [0.3, 0.4) is 0 Å². The summed E-state index contributed by atoms with van der Waals surface area (Å²) >= 11 is 3.30. The molecular formula is C13H16N2OS2. The number of nitrogens with zero attached hydrogens (tertiary/aromatic N) is 1. The first-order valence-electron chi connectivity index (χ1n) is 5.70. The number of thioether (sulfide) groups is 1. The van der Waals surface area contributed by atoms with Crippen molar-refractivity contribution in [3.05, 3.63) is 38.8 Å². The Bertz CT molecular complexity index is 655. The third-order valence-corrected chi connectivity index (χ3v) is 4.95. The van der Waals surface area contributed by atoms with Gasteiger partial charge in [-0.15, -0.1) is 23.1 Å². The molecule has 2 rings (SSSR count). The van der Waals surface area contributed by atoms with E-state index < -0.39 is 0 Å². The van der Waals surface area contributed by atoms with E-state index in [9.17, 15) is 4.79 Å². The third kappa shape index (κ3) is 2.67. The summed E-state index contributed by atoms with van der Waals surface area (Å²) in [6.07, 6.45) is 0. The minimum Gasteiger partial charge on any atom is -0.309 e. The van der Waals surface area contributed by atoms with Crippen molar-refractivity contribution in [2.45, 2.75) is 26.5 Å². The van der Waals surface area contributed by atoms with Crippen LogP contribution in [0.15, 0.2) is 16.9 Å². The molecule has 2 heterocycles. The summed E-state index contributed by atoms with van der Waals surface area (Å²) in [5, 5.41) is 0.742. The van der Waals surface area contributed by atoms with E-state index in [-0.39, 0.29) is 5.56 Å². The SMILES string of the molecule is C=C(C)CSCc1nc2sc(C)c(C)c2c(=O)[nH]1. The number of thiophene rings is 1. The normalized spacial score (nSPS) is 11.1. The van der Waals surface area contributed by atoms with E-state index in [0.717, 1.165) is 37.8 Å². The van der Waals surface area contributed by atoms with Crippen molar-refractivity contribution < 1.29 is 0 Å². The Hall–Kier alpha value is -1.07. The van der Waals surface area contributed by atoms with E-state index in [1.807, 2.05) is 20.8 Å². The van der Waals surface area contributed by atoms with Crippen LogP contribution in [0, 0.1) is 13.8 Å². The fraction of sp³-hybridized carbons (Fsp3) is 0.385. The van der Waals surface area contributed by atoms with E-state index in [1.54, 1.807) is 23.1 Å². The Morgan fingerprint density at radius 2 is 2.22 bits per heavy atom. The van der Waals surface area contributed by atoms with Gasteiger partial charge in [-0.1, -0.05) is 12.2 Å². The van der Waals surface area contributed by atoms with Crippen molar-refractivity contribution >= 4 is 33.3 Å². The van der Waals surface area contributed by atoms with E-state index in [0.29, 0.717) is 5.75 Å². The van der Waals surface area contributed by atoms with Gasteiger partial charge in [0.2, 0.25) is 0 Å². The molecule has 5 heteroatoms. The van der Waals surface area contributed by atoms with Gasteiger partial charge in [-0.2, -0.15) is 0 Å². The maximum absolute atomic E-state index is 12.0. The smallest absolute Gasteiger partial charge is 0.259 e. The van der Waals surface area contributed by atoms with Gasteiger partial charge in [0.15, 0.2) is 0 Å². The van der Waals surface area contributed by atoms with E-state index in [1.165, 1.54) is 0 Å². The molecule has 0 saturated carbocycles. The second-order valence-electron chi connectivity index (χ2n) is 4.43. The Labute approximate surface area is 114 Å². The molecule has 0 amide bonds. The molecule has 0 fully saturated rings. The third-order valence-electron chi connectivity index (χ3n) is 2.68. The first-order chi connectivity index (χ1) is 8.49. The van der Waals surface area contributed by atoms with Crippen LogP contribution in [0.2, 0.25) is 0 Å². The molecule has 0 aliphatic rings. The minimum atomic E-state index is -0.0206. The summed E-state index contributed by atoms with van der Waals surface area (Å²) in [6.45, 7) is 9.85. The highest BCUT2D eigenvalue weighted by Crippen LogP contribution is 2.26. The molecule has 18 heavy (non-hydrogen) atoms. The van der Waals surface area contributed by atoms with Crippen molar-refractivity contribution in [3.63, 3.8) is 0 Å². The fourth-order valence-electron chi connectivity index (χ4n) is 1.69. The average Bonchev–Trinajstić information content (AvgIpc) is 2.54. The maximum Gasteiger partial charge on any atom is 0.259 e. The molecule has 0 aromatic carbocycles. The highest BCUT2D eigenvalue weighted by atomic mass is 32.2. The number of rotatable bonds is 4.